The molecular weight excluding hydrogens is 278 g/mol. The minimum absolute atomic E-state index is 0.0649. The Morgan fingerprint density at radius 2 is 2.14 bits per heavy atom. The molecule has 7 unspecified atom stereocenters. The molecule has 22 heavy (non-hydrogen) atoms. The summed E-state index contributed by atoms with van der Waals surface area (Å²) in [5, 5.41) is 10.4. The molecule has 5 rings (SSSR count). The van der Waals surface area contributed by atoms with Crippen LogP contribution in [0.3, 0.4) is 0 Å². The quantitative estimate of drug-likeness (QED) is 0.861. The molecule has 1 amide bonds. The molecule has 2 saturated heterocycles. The Bertz CT molecular complexity index is 660. The van der Waals surface area contributed by atoms with Gasteiger partial charge < -0.3 is 14.7 Å². The van der Waals surface area contributed by atoms with Gasteiger partial charge in [0.2, 0.25) is 5.91 Å². The van der Waals surface area contributed by atoms with Crippen molar-refractivity contribution in [3.8, 4) is 0 Å². The molecule has 0 aromatic heterocycles. The molecule has 4 nitrogen and oxygen atoms in total. The van der Waals surface area contributed by atoms with Crippen LogP contribution in [0.2, 0.25) is 0 Å². The number of fused-ring (bicyclic) bond motifs is 2. The van der Waals surface area contributed by atoms with Crippen LogP contribution >= 0.6 is 0 Å². The number of hydrogen-bond donors (Lipinski definition) is 1. The Labute approximate surface area is 129 Å². The molecule has 1 aromatic carbocycles. The van der Waals surface area contributed by atoms with E-state index in [-0.39, 0.29) is 29.8 Å². The molecule has 2 aliphatic heterocycles. The average Bonchev–Trinajstić information content (AvgIpc) is 3.20. The van der Waals surface area contributed by atoms with Crippen LogP contribution in [0.25, 0.3) is 0 Å². The second kappa shape index (κ2) is 4.00. The molecule has 0 spiro atoms. The van der Waals surface area contributed by atoms with Crippen LogP contribution in [-0.2, 0) is 16.1 Å². The molecule has 2 saturated carbocycles. The molecule has 2 bridgehead atoms. The minimum Gasteiger partial charge on any atom is -0.390 e. The first-order valence-corrected chi connectivity index (χ1v) is 8.02. The fourth-order valence-corrected chi connectivity index (χ4v) is 5.54. The van der Waals surface area contributed by atoms with Gasteiger partial charge in [-0.1, -0.05) is 36.9 Å². The Kier molecular flexibility index (Phi) is 2.34. The van der Waals surface area contributed by atoms with Gasteiger partial charge in [-0.2, -0.15) is 0 Å². The van der Waals surface area contributed by atoms with Gasteiger partial charge in [-0.3, -0.25) is 4.79 Å². The number of amides is 1. The zero-order valence-electron chi connectivity index (χ0n) is 12.3. The third-order valence-electron chi connectivity index (χ3n) is 6.30. The van der Waals surface area contributed by atoms with Crippen molar-refractivity contribution in [1.29, 1.82) is 0 Å². The number of hydrogen-bond acceptors (Lipinski definition) is 3. The lowest BCUT2D eigenvalue weighted by atomic mass is 9.77. The molecule has 4 heteroatoms. The largest absolute Gasteiger partial charge is 0.390 e. The normalized spacial score (nSPS) is 47.5. The van der Waals surface area contributed by atoms with Crippen LogP contribution < -0.4 is 0 Å². The summed E-state index contributed by atoms with van der Waals surface area (Å²) in [7, 11) is 0. The number of nitrogens with zero attached hydrogens (tertiary/aromatic N) is 1. The lowest BCUT2D eigenvalue weighted by Crippen LogP contribution is -2.49. The maximum absolute atomic E-state index is 13.0. The Hall–Kier alpha value is -1.65. The standard InChI is InChI=1S/C18H19NO3/c1-2-18-14-12-8-11(15(20)16(12)22-18)13(14)17(21)19(18)9-10-6-4-3-5-7-10/h2-7,11-16,20H,1,8-9H2. The van der Waals surface area contributed by atoms with Crippen molar-refractivity contribution in [2.45, 2.75) is 30.9 Å². The summed E-state index contributed by atoms with van der Waals surface area (Å²) in [5.41, 5.74) is 0.373. The Morgan fingerprint density at radius 3 is 2.86 bits per heavy atom. The maximum Gasteiger partial charge on any atom is 0.229 e. The van der Waals surface area contributed by atoms with Crippen molar-refractivity contribution in [2.24, 2.45) is 23.7 Å². The third kappa shape index (κ3) is 1.25. The second-order valence-electron chi connectivity index (χ2n) is 7.05. The van der Waals surface area contributed by atoms with Crippen molar-refractivity contribution < 1.29 is 14.6 Å². The van der Waals surface area contributed by atoms with E-state index in [0.29, 0.717) is 12.5 Å². The summed E-state index contributed by atoms with van der Waals surface area (Å²) in [6.07, 6.45) is 2.10. The molecule has 0 radical (unpaired) electrons. The minimum atomic E-state index is -0.723. The predicted octanol–water partition coefficient (Wildman–Crippen LogP) is 1.55. The fourth-order valence-electron chi connectivity index (χ4n) is 5.54. The Balaban J connectivity index is 1.58. The fraction of sp³-hybridized carbons (Fsp3) is 0.500. The number of benzene rings is 1. The predicted molar refractivity (Wildman–Crippen MR) is 79.4 cm³/mol. The van der Waals surface area contributed by atoms with Gasteiger partial charge in [0.25, 0.3) is 0 Å². The van der Waals surface area contributed by atoms with E-state index in [0.717, 1.165) is 12.0 Å². The average molecular weight is 297 g/mol. The summed E-state index contributed by atoms with van der Waals surface area (Å²) in [4.78, 5) is 14.9. The van der Waals surface area contributed by atoms with E-state index in [2.05, 4.69) is 6.58 Å². The summed E-state index contributed by atoms with van der Waals surface area (Å²) in [6, 6.07) is 10.00. The number of ether oxygens (including phenoxy) is 1. The molecule has 4 aliphatic rings. The van der Waals surface area contributed by atoms with Crippen molar-refractivity contribution >= 4 is 5.91 Å². The number of carbonyl (C=O) groups excluding carboxylic acids is 1. The van der Waals surface area contributed by atoms with E-state index >= 15 is 0 Å². The van der Waals surface area contributed by atoms with Gasteiger partial charge in [0.15, 0.2) is 5.72 Å². The maximum atomic E-state index is 13.0. The van der Waals surface area contributed by atoms with Gasteiger partial charge in [0, 0.05) is 12.5 Å². The zero-order chi connectivity index (χ0) is 15.1. The Morgan fingerprint density at radius 1 is 1.36 bits per heavy atom. The summed E-state index contributed by atoms with van der Waals surface area (Å²) >= 11 is 0. The first-order chi connectivity index (χ1) is 10.7. The molecule has 114 valence electrons. The van der Waals surface area contributed by atoms with Gasteiger partial charge in [0.1, 0.15) is 0 Å². The van der Waals surface area contributed by atoms with E-state index in [1.807, 2.05) is 35.2 Å². The highest BCUT2D eigenvalue weighted by molar-refractivity contribution is 5.85. The lowest BCUT2D eigenvalue weighted by Gasteiger charge is -2.36. The third-order valence-corrected chi connectivity index (χ3v) is 6.30. The molecule has 2 heterocycles. The zero-order valence-corrected chi connectivity index (χ0v) is 12.3. The first kappa shape index (κ1) is 12.9. The van der Waals surface area contributed by atoms with Crippen LogP contribution in [0.5, 0.6) is 0 Å². The SMILES string of the molecule is C=CC12OC3C(O)C4CC3C1C4C(=O)N2Cc1ccccc1. The topological polar surface area (TPSA) is 49.8 Å². The van der Waals surface area contributed by atoms with Gasteiger partial charge in [-0.05, 0) is 29.9 Å². The van der Waals surface area contributed by atoms with Crippen molar-refractivity contribution in [3.63, 3.8) is 0 Å². The van der Waals surface area contributed by atoms with Gasteiger partial charge >= 0.3 is 0 Å². The highest BCUT2D eigenvalue weighted by atomic mass is 16.6. The van der Waals surface area contributed by atoms with E-state index in [1.165, 1.54) is 0 Å². The molecule has 2 aliphatic carbocycles. The monoisotopic (exact) mass is 297 g/mol. The second-order valence-corrected chi connectivity index (χ2v) is 7.05. The van der Waals surface area contributed by atoms with Crippen LogP contribution in [0.1, 0.15) is 12.0 Å². The summed E-state index contributed by atoms with van der Waals surface area (Å²) in [5.74, 6) is 0.557. The number of aliphatic hydroxyl groups excluding tert-OH is 1. The molecule has 1 N–H and O–H groups in total. The van der Waals surface area contributed by atoms with Crippen molar-refractivity contribution in [3.05, 3.63) is 48.6 Å². The number of rotatable bonds is 3. The number of carbonyl (C=O) groups is 1. The van der Waals surface area contributed by atoms with Gasteiger partial charge in [-0.15, -0.1) is 0 Å². The van der Waals surface area contributed by atoms with Gasteiger partial charge in [0.05, 0.1) is 18.1 Å². The van der Waals surface area contributed by atoms with E-state index in [1.54, 1.807) is 6.08 Å². The summed E-state index contributed by atoms with van der Waals surface area (Å²) < 4.78 is 6.27. The summed E-state index contributed by atoms with van der Waals surface area (Å²) in [6.45, 7) is 4.52. The number of aliphatic hydroxyl groups is 1. The highest BCUT2D eigenvalue weighted by Gasteiger charge is 2.77. The van der Waals surface area contributed by atoms with Crippen LogP contribution in [0.4, 0.5) is 0 Å². The lowest BCUT2D eigenvalue weighted by molar-refractivity contribution is -0.166. The van der Waals surface area contributed by atoms with Crippen LogP contribution in [-0.4, -0.2) is 33.8 Å². The van der Waals surface area contributed by atoms with Crippen molar-refractivity contribution in [2.75, 3.05) is 0 Å². The van der Waals surface area contributed by atoms with E-state index in [4.69, 9.17) is 4.74 Å². The van der Waals surface area contributed by atoms with E-state index < -0.39 is 11.8 Å². The van der Waals surface area contributed by atoms with Crippen molar-refractivity contribution in [1.82, 2.24) is 4.90 Å². The van der Waals surface area contributed by atoms with Crippen LogP contribution in [0.15, 0.2) is 43.0 Å². The molecular formula is C18H19NO3. The molecule has 4 fully saturated rings. The van der Waals surface area contributed by atoms with Crippen LogP contribution in [0, 0.1) is 23.7 Å². The highest BCUT2D eigenvalue weighted by Crippen LogP contribution is 2.67. The first-order valence-electron chi connectivity index (χ1n) is 8.02. The van der Waals surface area contributed by atoms with E-state index in [9.17, 15) is 9.90 Å². The molecule has 1 aromatic rings. The smallest absolute Gasteiger partial charge is 0.229 e. The number of likely N-dealkylation sites (tertiary alicyclic amines) is 1. The van der Waals surface area contributed by atoms with Gasteiger partial charge in [-0.25, -0.2) is 0 Å². The molecule has 7 atom stereocenters.